The average molecular weight is 415 g/mol. The molecule has 1 N–H and O–H groups in total. The number of aryl methyl sites for hydroxylation is 1. The molecule has 3 aromatic rings. The van der Waals surface area contributed by atoms with Crippen molar-refractivity contribution in [2.75, 3.05) is 5.32 Å². The lowest BCUT2D eigenvalue weighted by atomic mass is 10.2. The lowest BCUT2D eigenvalue weighted by molar-refractivity contribution is 0.595. The molecule has 1 heterocycles. The second kappa shape index (κ2) is 7.95. The van der Waals surface area contributed by atoms with E-state index in [9.17, 15) is 16.8 Å². The largest absolute Gasteiger partial charge is 0.358 e. The SMILES string of the molecule is Cc1ccncc1NC=C(S(=O)(=O)c1ccccc1)S(=O)(=O)c1ccccc1. The van der Waals surface area contributed by atoms with Crippen molar-refractivity contribution < 1.29 is 16.8 Å². The third kappa shape index (κ3) is 3.97. The van der Waals surface area contributed by atoms with Crippen molar-refractivity contribution in [3.8, 4) is 0 Å². The Balaban J connectivity index is 2.17. The predicted octanol–water partition coefficient (Wildman–Crippen LogP) is 3.55. The molecule has 0 saturated carbocycles. The van der Waals surface area contributed by atoms with Gasteiger partial charge < -0.3 is 5.32 Å². The number of sulfone groups is 2. The van der Waals surface area contributed by atoms with Gasteiger partial charge in [0.25, 0.3) is 0 Å². The molecule has 0 unspecified atom stereocenters. The Morgan fingerprint density at radius 1 is 0.821 bits per heavy atom. The highest BCUT2D eigenvalue weighted by Crippen LogP contribution is 2.29. The molecular weight excluding hydrogens is 396 g/mol. The molecule has 8 heteroatoms. The molecule has 0 atom stereocenters. The van der Waals surface area contributed by atoms with Crippen LogP contribution in [0.5, 0.6) is 0 Å². The molecule has 0 amide bonds. The normalized spacial score (nSPS) is 11.6. The molecule has 1 aromatic heterocycles. The molecule has 0 aliphatic rings. The van der Waals surface area contributed by atoms with Crippen LogP contribution in [0.3, 0.4) is 0 Å². The first-order chi connectivity index (χ1) is 13.3. The molecule has 0 aliphatic carbocycles. The fraction of sp³-hybridized carbons (Fsp3) is 0.0500. The summed E-state index contributed by atoms with van der Waals surface area (Å²) in [4.78, 5) is 3.76. The Morgan fingerprint density at radius 2 is 1.32 bits per heavy atom. The monoisotopic (exact) mass is 414 g/mol. The van der Waals surface area contributed by atoms with Crippen molar-refractivity contribution in [2.24, 2.45) is 0 Å². The highest BCUT2D eigenvalue weighted by atomic mass is 32.3. The second-order valence-corrected chi connectivity index (χ2v) is 10.0. The summed E-state index contributed by atoms with van der Waals surface area (Å²) >= 11 is 0. The van der Waals surface area contributed by atoms with Crippen LogP contribution in [0.4, 0.5) is 5.69 Å². The molecule has 3 rings (SSSR count). The van der Waals surface area contributed by atoms with Gasteiger partial charge in [-0.3, -0.25) is 4.98 Å². The number of nitrogens with one attached hydrogen (secondary N) is 1. The number of anilines is 1. The van der Waals surface area contributed by atoms with E-state index in [0.717, 1.165) is 11.8 Å². The zero-order valence-electron chi connectivity index (χ0n) is 15.0. The van der Waals surface area contributed by atoms with Gasteiger partial charge in [-0.2, -0.15) is 0 Å². The summed E-state index contributed by atoms with van der Waals surface area (Å²) in [6.07, 6.45) is 4.09. The number of pyridine rings is 1. The van der Waals surface area contributed by atoms with Gasteiger partial charge in [0.1, 0.15) is 0 Å². The van der Waals surface area contributed by atoms with Crippen molar-refractivity contribution in [2.45, 2.75) is 16.7 Å². The summed E-state index contributed by atoms with van der Waals surface area (Å²) in [5.41, 5.74) is 1.30. The topological polar surface area (TPSA) is 93.2 Å². The molecule has 0 fully saturated rings. The maximum atomic E-state index is 13.2. The van der Waals surface area contributed by atoms with Gasteiger partial charge in [0.15, 0.2) is 4.24 Å². The van der Waals surface area contributed by atoms with E-state index in [0.29, 0.717) is 5.69 Å². The van der Waals surface area contributed by atoms with Gasteiger partial charge in [-0.15, -0.1) is 0 Å². The van der Waals surface area contributed by atoms with Crippen LogP contribution >= 0.6 is 0 Å². The van der Waals surface area contributed by atoms with E-state index in [-0.39, 0.29) is 9.79 Å². The van der Waals surface area contributed by atoms with E-state index in [2.05, 4.69) is 10.3 Å². The molecule has 6 nitrogen and oxygen atoms in total. The van der Waals surface area contributed by atoms with Crippen molar-refractivity contribution in [3.63, 3.8) is 0 Å². The number of benzene rings is 2. The van der Waals surface area contributed by atoms with E-state index < -0.39 is 23.9 Å². The van der Waals surface area contributed by atoms with Crippen LogP contribution in [0.25, 0.3) is 0 Å². The number of nitrogens with zero attached hydrogens (tertiary/aromatic N) is 1. The molecule has 0 aliphatic heterocycles. The summed E-state index contributed by atoms with van der Waals surface area (Å²) in [7, 11) is -8.60. The van der Waals surface area contributed by atoms with E-state index >= 15 is 0 Å². The Bertz CT molecular complexity index is 1130. The van der Waals surface area contributed by atoms with Gasteiger partial charge in [-0.25, -0.2) is 16.8 Å². The highest BCUT2D eigenvalue weighted by Gasteiger charge is 2.33. The first kappa shape index (κ1) is 19.8. The minimum absolute atomic E-state index is 0.106. The highest BCUT2D eigenvalue weighted by molar-refractivity contribution is 8.14. The van der Waals surface area contributed by atoms with Gasteiger partial charge in [-0.1, -0.05) is 36.4 Å². The summed E-state index contributed by atoms with van der Waals surface area (Å²) in [5, 5.41) is 2.78. The van der Waals surface area contributed by atoms with Crippen molar-refractivity contribution in [3.05, 3.63) is 95.1 Å². The van der Waals surface area contributed by atoms with Gasteiger partial charge in [0.05, 0.1) is 21.7 Å². The Morgan fingerprint density at radius 3 is 1.79 bits per heavy atom. The van der Waals surface area contributed by atoms with Crippen LogP contribution in [0.1, 0.15) is 5.56 Å². The van der Waals surface area contributed by atoms with Crippen LogP contribution in [-0.4, -0.2) is 21.8 Å². The van der Waals surface area contributed by atoms with E-state index in [1.54, 1.807) is 55.6 Å². The third-order valence-electron chi connectivity index (χ3n) is 4.02. The molecule has 0 saturated heterocycles. The summed E-state index contributed by atoms with van der Waals surface area (Å²) in [6, 6.07) is 16.6. The third-order valence-corrected chi connectivity index (χ3v) is 8.42. The maximum Gasteiger partial charge on any atom is 0.219 e. The Kier molecular flexibility index (Phi) is 5.62. The van der Waals surface area contributed by atoms with Gasteiger partial charge in [0, 0.05) is 12.4 Å². The van der Waals surface area contributed by atoms with Crippen LogP contribution < -0.4 is 5.32 Å². The van der Waals surface area contributed by atoms with E-state index in [1.165, 1.54) is 30.5 Å². The number of rotatable bonds is 6. The lowest BCUT2D eigenvalue weighted by Crippen LogP contribution is -2.16. The fourth-order valence-electron chi connectivity index (χ4n) is 2.48. The zero-order chi connectivity index (χ0) is 20.2. The summed E-state index contributed by atoms with van der Waals surface area (Å²) in [5.74, 6) is 0. The molecule has 2 aromatic carbocycles. The van der Waals surface area contributed by atoms with Crippen LogP contribution in [0.15, 0.2) is 99.4 Å². The van der Waals surface area contributed by atoms with E-state index in [1.807, 2.05) is 0 Å². The maximum absolute atomic E-state index is 13.2. The lowest BCUT2D eigenvalue weighted by Gasteiger charge is -2.12. The number of hydrogen-bond acceptors (Lipinski definition) is 6. The van der Waals surface area contributed by atoms with Crippen LogP contribution in [0.2, 0.25) is 0 Å². The van der Waals surface area contributed by atoms with Crippen LogP contribution in [-0.2, 0) is 19.7 Å². The minimum Gasteiger partial charge on any atom is -0.358 e. The average Bonchev–Trinajstić information content (AvgIpc) is 2.70. The Hall–Kier alpha value is -2.97. The molecule has 0 radical (unpaired) electrons. The fourth-order valence-corrected chi connectivity index (χ4v) is 6.14. The van der Waals surface area contributed by atoms with Gasteiger partial charge in [-0.05, 0) is 42.8 Å². The summed E-state index contributed by atoms with van der Waals surface area (Å²) in [6.45, 7) is 1.80. The van der Waals surface area contributed by atoms with Crippen molar-refractivity contribution in [1.82, 2.24) is 4.98 Å². The Labute approximate surface area is 164 Å². The quantitative estimate of drug-likeness (QED) is 0.663. The molecule has 28 heavy (non-hydrogen) atoms. The predicted molar refractivity (Wildman–Crippen MR) is 108 cm³/mol. The number of aromatic nitrogens is 1. The summed E-state index contributed by atoms with van der Waals surface area (Å²) < 4.78 is 51.9. The van der Waals surface area contributed by atoms with Crippen molar-refractivity contribution >= 4 is 25.4 Å². The first-order valence-corrected chi connectivity index (χ1v) is 11.3. The molecule has 0 spiro atoms. The molecular formula is C20H18N2O4S2. The second-order valence-electron chi connectivity index (χ2n) is 5.93. The zero-order valence-corrected chi connectivity index (χ0v) is 16.6. The van der Waals surface area contributed by atoms with Crippen molar-refractivity contribution in [1.29, 1.82) is 0 Å². The number of hydrogen-bond donors (Lipinski definition) is 1. The van der Waals surface area contributed by atoms with Gasteiger partial charge in [0.2, 0.25) is 19.7 Å². The van der Waals surface area contributed by atoms with Gasteiger partial charge >= 0.3 is 0 Å². The smallest absolute Gasteiger partial charge is 0.219 e. The van der Waals surface area contributed by atoms with E-state index in [4.69, 9.17) is 0 Å². The van der Waals surface area contributed by atoms with Crippen LogP contribution in [0, 0.1) is 6.92 Å². The first-order valence-electron chi connectivity index (χ1n) is 8.31. The molecule has 144 valence electrons. The standard InChI is InChI=1S/C20H18N2O4S2/c1-16-12-13-21-14-19(16)22-15-20(27(23,24)17-8-4-2-5-9-17)28(25,26)18-10-6-3-7-11-18/h2-15,22H,1H3. The molecule has 0 bridgehead atoms. The minimum atomic E-state index is -4.30.